The van der Waals surface area contributed by atoms with Crippen LogP contribution in [0.5, 0.6) is 0 Å². The highest BCUT2D eigenvalue weighted by Gasteiger charge is 2.33. The highest BCUT2D eigenvalue weighted by atomic mass is 32.2. The van der Waals surface area contributed by atoms with Crippen LogP contribution in [0.25, 0.3) is 0 Å². The molecular weight excluding hydrogens is 312 g/mol. The third kappa shape index (κ3) is 4.32. The van der Waals surface area contributed by atoms with Crippen molar-refractivity contribution in [2.75, 3.05) is 13.1 Å². The van der Waals surface area contributed by atoms with Crippen LogP contribution in [0.2, 0.25) is 0 Å². The Kier molecular flexibility index (Phi) is 5.81. The SMILES string of the molecule is CCC(C)NC(=O)C1CCCN(S(=O)(=O)c2ccc(C)cc2)C1. The summed E-state index contributed by atoms with van der Waals surface area (Å²) < 4.78 is 26.9. The van der Waals surface area contributed by atoms with E-state index in [0.717, 1.165) is 18.4 Å². The maximum Gasteiger partial charge on any atom is 0.243 e. The predicted octanol–water partition coefficient (Wildman–Crippen LogP) is 2.31. The third-order valence-electron chi connectivity index (χ3n) is 4.41. The number of hydrogen-bond donors (Lipinski definition) is 1. The number of hydrogen-bond acceptors (Lipinski definition) is 3. The van der Waals surface area contributed by atoms with E-state index in [2.05, 4.69) is 5.32 Å². The number of amides is 1. The summed E-state index contributed by atoms with van der Waals surface area (Å²) in [6.45, 7) is 6.63. The molecule has 1 aromatic rings. The lowest BCUT2D eigenvalue weighted by atomic mass is 9.98. The van der Waals surface area contributed by atoms with Gasteiger partial charge in [-0.25, -0.2) is 8.42 Å². The zero-order valence-corrected chi connectivity index (χ0v) is 14.9. The molecule has 2 atom stereocenters. The van der Waals surface area contributed by atoms with Gasteiger partial charge in [-0.2, -0.15) is 4.31 Å². The first-order valence-corrected chi connectivity index (χ1v) is 9.65. The van der Waals surface area contributed by atoms with E-state index >= 15 is 0 Å². The van der Waals surface area contributed by atoms with Crippen molar-refractivity contribution >= 4 is 15.9 Å². The van der Waals surface area contributed by atoms with Crippen molar-refractivity contribution in [3.8, 4) is 0 Å². The molecule has 2 rings (SSSR count). The summed E-state index contributed by atoms with van der Waals surface area (Å²) in [4.78, 5) is 12.6. The van der Waals surface area contributed by atoms with Crippen LogP contribution in [0, 0.1) is 12.8 Å². The molecule has 0 spiro atoms. The molecule has 0 bridgehead atoms. The van der Waals surface area contributed by atoms with Gasteiger partial charge in [0, 0.05) is 19.1 Å². The van der Waals surface area contributed by atoms with Crippen molar-refractivity contribution in [2.24, 2.45) is 5.92 Å². The molecular formula is C17H26N2O3S. The van der Waals surface area contributed by atoms with Gasteiger partial charge >= 0.3 is 0 Å². The van der Waals surface area contributed by atoms with E-state index in [4.69, 9.17) is 0 Å². The first kappa shape index (κ1) is 17.9. The van der Waals surface area contributed by atoms with E-state index < -0.39 is 10.0 Å². The van der Waals surface area contributed by atoms with E-state index in [1.807, 2.05) is 20.8 Å². The zero-order chi connectivity index (χ0) is 17.0. The predicted molar refractivity (Wildman–Crippen MR) is 90.6 cm³/mol. The van der Waals surface area contributed by atoms with Crippen molar-refractivity contribution < 1.29 is 13.2 Å². The van der Waals surface area contributed by atoms with Crippen LogP contribution in [-0.4, -0.2) is 37.8 Å². The minimum atomic E-state index is -3.53. The standard InChI is InChI=1S/C17H26N2O3S/c1-4-14(3)18-17(20)15-6-5-11-19(12-15)23(21,22)16-9-7-13(2)8-10-16/h7-10,14-15H,4-6,11-12H2,1-3H3,(H,18,20). The molecule has 1 aromatic carbocycles. The van der Waals surface area contributed by atoms with Crippen LogP contribution in [0.4, 0.5) is 0 Å². The monoisotopic (exact) mass is 338 g/mol. The quantitative estimate of drug-likeness (QED) is 0.896. The molecule has 0 aromatic heterocycles. The van der Waals surface area contributed by atoms with Gasteiger partial charge in [-0.15, -0.1) is 0 Å². The van der Waals surface area contributed by atoms with Gasteiger partial charge in [-0.1, -0.05) is 24.6 Å². The normalized spacial score (nSPS) is 20.9. The minimum absolute atomic E-state index is 0.0387. The Balaban J connectivity index is 2.11. The molecule has 1 amide bonds. The van der Waals surface area contributed by atoms with Crippen molar-refractivity contribution in [1.82, 2.24) is 9.62 Å². The highest BCUT2D eigenvalue weighted by Crippen LogP contribution is 2.24. The van der Waals surface area contributed by atoms with Crippen LogP contribution < -0.4 is 5.32 Å². The number of piperidine rings is 1. The van der Waals surface area contributed by atoms with Gasteiger partial charge in [0.25, 0.3) is 0 Å². The average molecular weight is 338 g/mol. The molecule has 23 heavy (non-hydrogen) atoms. The van der Waals surface area contributed by atoms with Crippen LogP contribution in [0.3, 0.4) is 0 Å². The minimum Gasteiger partial charge on any atom is -0.353 e. The lowest BCUT2D eigenvalue weighted by Crippen LogP contribution is -2.46. The number of nitrogens with one attached hydrogen (secondary N) is 1. The van der Waals surface area contributed by atoms with Crippen molar-refractivity contribution in [2.45, 2.75) is 51.0 Å². The molecule has 1 fully saturated rings. The number of nitrogens with zero attached hydrogens (tertiary/aromatic N) is 1. The number of carbonyl (C=O) groups excluding carboxylic acids is 1. The van der Waals surface area contributed by atoms with Gasteiger partial charge in [0.2, 0.25) is 15.9 Å². The van der Waals surface area contributed by atoms with Gasteiger partial charge in [-0.3, -0.25) is 4.79 Å². The van der Waals surface area contributed by atoms with E-state index in [0.29, 0.717) is 17.9 Å². The largest absolute Gasteiger partial charge is 0.353 e. The molecule has 1 N–H and O–H groups in total. The Morgan fingerprint density at radius 2 is 2.00 bits per heavy atom. The molecule has 6 heteroatoms. The van der Waals surface area contributed by atoms with Crippen molar-refractivity contribution in [3.05, 3.63) is 29.8 Å². The van der Waals surface area contributed by atoms with Gasteiger partial charge in [0.1, 0.15) is 0 Å². The molecule has 5 nitrogen and oxygen atoms in total. The fourth-order valence-corrected chi connectivity index (χ4v) is 4.22. The highest BCUT2D eigenvalue weighted by molar-refractivity contribution is 7.89. The van der Waals surface area contributed by atoms with Crippen LogP contribution >= 0.6 is 0 Å². The number of carbonyl (C=O) groups is 1. The number of aryl methyl sites for hydroxylation is 1. The second kappa shape index (κ2) is 7.45. The lowest BCUT2D eigenvalue weighted by Gasteiger charge is -2.31. The summed E-state index contributed by atoms with van der Waals surface area (Å²) in [7, 11) is -3.53. The summed E-state index contributed by atoms with van der Waals surface area (Å²) >= 11 is 0. The number of sulfonamides is 1. The topological polar surface area (TPSA) is 66.5 Å². The molecule has 1 aliphatic rings. The van der Waals surface area contributed by atoms with E-state index in [1.165, 1.54) is 4.31 Å². The summed E-state index contributed by atoms with van der Waals surface area (Å²) in [6.07, 6.45) is 2.32. The Labute approximate surface area is 139 Å². The van der Waals surface area contributed by atoms with Crippen molar-refractivity contribution in [1.29, 1.82) is 0 Å². The Morgan fingerprint density at radius 1 is 1.35 bits per heavy atom. The third-order valence-corrected chi connectivity index (χ3v) is 6.29. The molecule has 128 valence electrons. The summed E-state index contributed by atoms with van der Waals surface area (Å²) in [5.41, 5.74) is 1.02. The van der Waals surface area contributed by atoms with E-state index in [9.17, 15) is 13.2 Å². The van der Waals surface area contributed by atoms with Crippen LogP contribution in [0.1, 0.15) is 38.7 Å². The molecule has 1 aliphatic heterocycles. The van der Waals surface area contributed by atoms with Crippen LogP contribution in [0.15, 0.2) is 29.2 Å². The van der Waals surface area contributed by atoms with Crippen molar-refractivity contribution in [3.63, 3.8) is 0 Å². The maximum absolute atomic E-state index is 12.7. The molecule has 1 heterocycles. The van der Waals surface area contributed by atoms with E-state index in [-0.39, 0.29) is 24.4 Å². The number of benzene rings is 1. The smallest absolute Gasteiger partial charge is 0.243 e. The molecule has 1 saturated heterocycles. The molecule has 0 saturated carbocycles. The Hall–Kier alpha value is -1.40. The molecule has 0 radical (unpaired) electrons. The zero-order valence-electron chi connectivity index (χ0n) is 14.1. The Morgan fingerprint density at radius 3 is 2.61 bits per heavy atom. The second-order valence-electron chi connectivity index (χ2n) is 6.33. The fraction of sp³-hybridized carbons (Fsp3) is 0.588. The molecule has 2 unspecified atom stereocenters. The summed E-state index contributed by atoms with van der Waals surface area (Å²) in [5.74, 6) is -0.305. The first-order valence-electron chi connectivity index (χ1n) is 8.21. The van der Waals surface area contributed by atoms with Gasteiger partial charge in [-0.05, 0) is 45.2 Å². The lowest BCUT2D eigenvalue weighted by molar-refractivity contribution is -0.126. The first-order chi connectivity index (χ1) is 10.8. The number of rotatable bonds is 5. The maximum atomic E-state index is 12.7. The second-order valence-corrected chi connectivity index (χ2v) is 8.27. The summed E-state index contributed by atoms with van der Waals surface area (Å²) in [6, 6.07) is 6.97. The fourth-order valence-electron chi connectivity index (χ4n) is 2.70. The van der Waals surface area contributed by atoms with Crippen LogP contribution in [-0.2, 0) is 14.8 Å². The average Bonchev–Trinajstić information content (AvgIpc) is 2.55. The van der Waals surface area contributed by atoms with Gasteiger partial charge in [0.05, 0.1) is 10.8 Å². The molecule has 0 aliphatic carbocycles. The Bertz CT molecular complexity index is 640. The van der Waals surface area contributed by atoms with Gasteiger partial charge < -0.3 is 5.32 Å². The van der Waals surface area contributed by atoms with Gasteiger partial charge in [0.15, 0.2) is 0 Å². The van der Waals surface area contributed by atoms with E-state index in [1.54, 1.807) is 24.3 Å². The summed E-state index contributed by atoms with van der Waals surface area (Å²) in [5, 5.41) is 2.96.